The molecule has 0 unspecified atom stereocenters. The Balaban J connectivity index is 1.48. The number of rotatable bonds is 13. The number of aromatic nitrogens is 1. The molecule has 1 aromatic heterocycles. The summed E-state index contributed by atoms with van der Waals surface area (Å²) in [5.74, 6) is 1.38. The Kier molecular flexibility index (Phi) is 10.9. The van der Waals surface area contributed by atoms with E-state index in [1.54, 1.807) is 7.11 Å². The summed E-state index contributed by atoms with van der Waals surface area (Å²) in [5.41, 5.74) is 5.10. The maximum Gasteiger partial charge on any atom is 0.495 e. The number of methoxy groups -OCH3 is 1. The number of ether oxygens (including phenoxy) is 3. The molecule has 0 aliphatic carbocycles. The van der Waals surface area contributed by atoms with Crippen molar-refractivity contribution in [1.82, 2.24) is 4.98 Å². The molecule has 4 rings (SSSR count). The van der Waals surface area contributed by atoms with E-state index < -0.39 is 18.3 Å². The second-order valence-corrected chi connectivity index (χ2v) is 12.9. The maximum atomic E-state index is 9.50. The van der Waals surface area contributed by atoms with Gasteiger partial charge < -0.3 is 23.5 Å². The van der Waals surface area contributed by atoms with Gasteiger partial charge in [-0.15, -0.1) is 0 Å². The second-order valence-electron chi connectivity index (χ2n) is 12.1. The van der Waals surface area contributed by atoms with Crippen LogP contribution >= 0.6 is 15.9 Å². The molecule has 0 spiro atoms. The molecule has 3 aromatic rings. The molecule has 2 aromatic carbocycles. The van der Waals surface area contributed by atoms with E-state index in [0.717, 1.165) is 63.8 Å². The first-order valence-corrected chi connectivity index (χ1v) is 15.6. The fourth-order valence-electron chi connectivity index (χ4n) is 4.93. The van der Waals surface area contributed by atoms with Crippen LogP contribution < -0.4 is 14.9 Å². The van der Waals surface area contributed by atoms with Gasteiger partial charge >= 0.3 is 7.12 Å². The molecule has 1 atom stereocenters. The highest BCUT2D eigenvalue weighted by atomic mass is 79.9. The van der Waals surface area contributed by atoms with Crippen molar-refractivity contribution in [3.63, 3.8) is 0 Å². The first kappa shape index (κ1) is 33.0. The van der Waals surface area contributed by atoms with Gasteiger partial charge in [0.15, 0.2) is 0 Å². The van der Waals surface area contributed by atoms with Crippen molar-refractivity contribution >= 4 is 28.5 Å². The lowest BCUT2D eigenvalue weighted by atomic mass is 9.75. The first-order valence-electron chi connectivity index (χ1n) is 14.8. The van der Waals surface area contributed by atoms with Gasteiger partial charge in [0, 0.05) is 13.2 Å². The molecule has 0 radical (unpaired) electrons. The summed E-state index contributed by atoms with van der Waals surface area (Å²) >= 11 is 3.38. The topological polar surface area (TPSA) is 82.8 Å². The fraction of sp³-hybridized carbons (Fsp3) is 0.471. The van der Waals surface area contributed by atoms with Crippen LogP contribution in [-0.2, 0) is 33.5 Å². The summed E-state index contributed by atoms with van der Waals surface area (Å²) in [6, 6.07) is 17.8. The maximum absolute atomic E-state index is 9.50. The Morgan fingerprint density at radius 3 is 2.40 bits per heavy atom. The van der Waals surface area contributed by atoms with E-state index in [9.17, 15) is 5.26 Å². The molecule has 7 nitrogen and oxygen atoms in total. The van der Waals surface area contributed by atoms with Gasteiger partial charge in [0.05, 0.1) is 35.5 Å². The van der Waals surface area contributed by atoms with Crippen molar-refractivity contribution < 1.29 is 23.5 Å². The zero-order valence-corrected chi connectivity index (χ0v) is 27.9. The van der Waals surface area contributed by atoms with Crippen molar-refractivity contribution in [2.24, 2.45) is 0 Å². The van der Waals surface area contributed by atoms with Crippen molar-refractivity contribution in [2.75, 3.05) is 13.7 Å². The van der Waals surface area contributed by atoms with E-state index in [4.69, 9.17) is 23.5 Å². The van der Waals surface area contributed by atoms with E-state index in [1.165, 1.54) is 0 Å². The highest BCUT2D eigenvalue weighted by Crippen LogP contribution is 2.37. The number of pyridine rings is 1. The molecule has 2 heterocycles. The largest absolute Gasteiger partial charge is 0.495 e. The standard InChI is InChI=1S/C34H42BBrN2O5/c1-23-18-27(15-13-24(2)39-7)30(20-29(23)35-42-33(3,4)34(5,6)43-35)40-17-9-10-26-19-25(21-37)14-16-28(26)22-41-32-12-8-11-31(36)38-32/h8,11-12,14,16,18-20,24H,9-10,13,15,17,22H2,1-7H3/t24-/m1/s1. The van der Waals surface area contributed by atoms with Gasteiger partial charge in [-0.2, -0.15) is 5.26 Å². The van der Waals surface area contributed by atoms with Crippen LogP contribution in [0.2, 0.25) is 0 Å². The van der Waals surface area contributed by atoms with Crippen molar-refractivity contribution in [3.8, 4) is 17.7 Å². The summed E-state index contributed by atoms with van der Waals surface area (Å²) in [6.07, 6.45) is 3.39. The van der Waals surface area contributed by atoms with Gasteiger partial charge in [-0.25, -0.2) is 4.98 Å². The molecule has 0 bridgehead atoms. The number of benzene rings is 2. The van der Waals surface area contributed by atoms with Gasteiger partial charge in [-0.05, 0) is 130 Å². The predicted molar refractivity (Wildman–Crippen MR) is 173 cm³/mol. The van der Waals surface area contributed by atoms with Crippen molar-refractivity contribution in [3.05, 3.63) is 81.0 Å². The SMILES string of the molecule is CO[C@H](C)CCc1cc(C)c(B2OC(C)(C)C(C)(C)O2)cc1OCCCc1cc(C#N)ccc1COc1cccc(Br)n1. The molecular weight excluding hydrogens is 607 g/mol. The Hall–Kier alpha value is -2.90. The molecule has 1 saturated heterocycles. The van der Waals surface area contributed by atoms with Crippen molar-refractivity contribution in [2.45, 2.75) is 91.1 Å². The van der Waals surface area contributed by atoms with E-state index in [2.05, 4.69) is 80.7 Å². The summed E-state index contributed by atoms with van der Waals surface area (Å²) < 4.78 is 31.4. The number of aryl methyl sites for hydroxylation is 3. The Bertz CT molecular complexity index is 1440. The Morgan fingerprint density at radius 2 is 1.72 bits per heavy atom. The van der Waals surface area contributed by atoms with Crippen LogP contribution in [0.15, 0.2) is 53.1 Å². The first-order chi connectivity index (χ1) is 20.4. The molecule has 0 N–H and O–H groups in total. The predicted octanol–water partition coefficient (Wildman–Crippen LogP) is 6.88. The average Bonchev–Trinajstić information content (AvgIpc) is 3.19. The van der Waals surface area contributed by atoms with Gasteiger partial charge in [-0.3, -0.25) is 0 Å². The fourth-order valence-corrected chi connectivity index (χ4v) is 5.26. The number of hydrogen-bond acceptors (Lipinski definition) is 7. The monoisotopic (exact) mass is 648 g/mol. The van der Waals surface area contributed by atoms with Crippen LogP contribution in [0.1, 0.15) is 75.3 Å². The highest BCUT2D eigenvalue weighted by Gasteiger charge is 2.52. The third-order valence-corrected chi connectivity index (χ3v) is 8.87. The molecule has 1 aliphatic heterocycles. The normalized spacial score (nSPS) is 16.1. The smallest absolute Gasteiger partial charge is 0.493 e. The molecule has 1 fully saturated rings. The second kappa shape index (κ2) is 14.3. The zero-order valence-electron chi connectivity index (χ0n) is 26.3. The number of nitriles is 1. The number of nitrogens with zero attached hydrogens (tertiary/aromatic N) is 2. The molecule has 0 saturated carbocycles. The lowest BCUT2D eigenvalue weighted by Gasteiger charge is -2.32. The van der Waals surface area contributed by atoms with Gasteiger partial charge in [0.2, 0.25) is 5.88 Å². The number of halogens is 1. The lowest BCUT2D eigenvalue weighted by Crippen LogP contribution is -2.41. The van der Waals surface area contributed by atoms with Crippen molar-refractivity contribution in [1.29, 1.82) is 5.26 Å². The van der Waals surface area contributed by atoms with Gasteiger partial charge in [0.1, 0.15) is 17.0 Å². The Labute approximate surface area is 265 Å². The van der Waals surface area contributed by atoms with Crippen LogP contribution in [0.3, 0.4) is 0 Å². The Morgan fingerprint density at radius 1 is 0.977 bits per heavy atom. The minimum Gasteiger partial charge on any atom is -0.493 e. The van der Waals surface area contributed by atoms with E-state index in [-0.39, 0.29) is 6.10 Å². The molecule has 43 heavy (non-hydrogen) atoms. The van der Waals surface area contributed by atoms with Crippen LogP contribution in [0.5, 0.6) is 11.6 Å². The van der Waals surface area contributed by atoms with Crippen LogP contribution in [-0.4, -0.2) is 43.1 Å². The van der Waals surface area contributed by atoms with E-state index in [1.807, 2.05) is 36.4 Å². The van der Waals surface area contributed by atoms with Gasteiger partial charge in [0.25, 0.3) is 0 Å². The summed E-state index contributed by atoms with van der Waals surface area (Å²) in [5, 5.41) is 9.50. The van der Waals surface area contributed by atoms with Gasteiger partial charge in [-0.1, -0.05) is 23.8 Å². The molecule has 228 valence electrons. The van der Waals surface area contributed by atoms with Crippen LogP contribution in [0.4, 0.5) is 0 Å². The summed E-state index contributed by atoms with van der Waals surface area (Å²) in [4.78, 5) is 4.35. The quantitative estimate of drug-likeness (QED) is 0.113. The average molecular weight is 649 g/mol. The molecule has 1 aliphatic rings. The van der Waals surface area contributed by atoms with E-state index >= 15 is 0 Å². The minimum absolute atomic E-state index is 0.149. The van der Waals surface area contributed by atoms with E-state index in [0.29, 0.717) is 24.7 Å². The minimum atomic E-state index is -0.463. The summed E-state index contributed by atoms with van der Waals surface area (Å²) in [6.45, 7) is 13.3. The molecule has 0 amide bonds. The lowest BCUT2D eigenvalue weighted by molar-refractivity contribution is 0.00578. The van der Waals surface area contributed by atoms with Crippen LogP contribution in [0, 0.1) is 18.3 Å². The molecular formula is C34H42BBrN2O5. The number of hydrogen-bond donors (Lipinski definition) is 0. The zero-order chi connectivity index (χ0) is 31.2. The summed E-state index contributed by atoms with van der Waals surface area (Å²) in [7, 11) is 1.28. The molecule has 9 heteroatoms. The third kappa shape index (κ3) is 8.39. The van der Waals surface area contributed by atoms with Crippen LogP contribution in [0.25, 0.3) is 0 Å². The third-order valence-electron chi connectivity index (χ3n) is 8.43. The highest BCUT2D eigenvalue weighted by molar-refractivity contribution is 9.10.